The number of rotatable bonds is 1. The summed E-state index contributed by atoms with van der Waals surface area (Å²) in [6, 6.07) is 12.8. The molecule has 0 amide bonds. The zero-order valence-corrected chi connectivity index (χ0v) is 22.2. The van der Waals surface area contributed by atoms with Crippen LogP contribution in [0, 0.1) is 34.6 Å². The molecule has 0 fully saturated rings. The molecule has 0 radical (unpaired) electrons. The third-order valence-corrected chi connectivity index (χ3v) is 4.71. The fourth-order valence-corrected chi connectivity index (χ4v) is 3.13. The van der Waals surface area contributed by atoms with Gasteiger partial charge in [0.25, 0.3) is 0 Å². The van der Waals surface area contributed by atoms with E-state index in [0.29, 0.717) is 0 Å². The Morgan fingerprint density at radius 1 is 0.875 bits per heavy atom. The molecule has 0 aliphatic rings. The molecule has 0 aromatic heterocycles. The van der Waals surface area contributed by atoms with Gasteiger partial charge in [0.05, 0.1) is 0 Å². The Kier molecular flexibility index (Phi) is 13.4. The van der Waals surface area contributed by atoms with Crippen LogP contribution in [0.15, 0.2) is 36.4 Å². The van der Waals surface area contributed by atoms with Gasteiger partial charge in [-0.1, -0.05) is 54.0 Å². The van der Waals surface area contributed by atoms with Crippen LogP contribution in [-0.2, 0) is 32.6 Å². The summed E-state index contributed by atoms with van der Waals surface area (Å²) in [5.74, 6) is 0. The summed E-state index contributed by atoms with van der Waals surface area (Å²) >= 11 is 0. The first kappa shape index (κ1) is 26.7. The van der Waals surface area contributed by atoms with Crippen LogP contribution >= 0.6 is 0 Å². The second-order valence-corrected chi connectivity index (χ2v) is 5.99. The van der Waals surface area contributed by atoms with E-state index in [9.17, 15) is 0 Å². The number of hydrogen-bond acceptors (Lipinski definition) is 0. The Balaban J connectivity index is 0. The molecule has 128 valence electrons. The van der Waals surface area contributed by atoms with E-state index in [4.69, 9.17) is 0 Å². The molecule has 0 atom stereocenters. The van der Waals surface area contributed by atoms with Crippen LogP contribution in [-0.4, -0.2) is 0 Å². The molecule has 3 heteroatoms. The van der Waals surface area contributed by atoms with Gasteiger partial charge in [0, 0.05) is 0 Å². The number of hydrogen-bond donors (Lipinski definition) is 0. The van der Waals surface area contributed by atoms with E-state index in [-0.39, 0.29) is 74.2 Å². The maximum atomic E-state index is 2.23. The van der Waals surface area contributed by atoms with Crippen molar-refractivity contribution < 1.29 is 74.2 Å². The maximum absolute atomic E-state index is 2.23. The topological polar surface area (TPSA) is 0 Å². The number of benzene rings is 1. The van der Waals surface area contributed by atoms with Crippen LogP contribution in [0.3, 0.4) is 0 Å². The van der Waals surface area contributed by atoms with Crippen molar-refractivity contribution >= 4 is 10.8 Å². The van der Waals surface area contributed by atoms with Crippen LogP contribution in [0.1, 0.15) is 40.3 Å². The molecule has 0 aliphatic carbocycles. The molecule has 0 saturated heterocycles. The van der Waals surface area contributed by atoms with Crippen LogP contribution in [0.4, 0.5) is 0 Å². The standard InChI is InChI=1S/C11H17.C10H9.2HI.Zr/c1-6-11-9(4)7(2)8(3)10(11)5;1-8-6-9-4-2-3-5-10(9)7-8;;;/h6H2,1-5H3;2-7H,1H3;2*1H;/q2*-1;;;+4/p-2. The van der Waals surface area contributed by atoms with Crippen molar-refractivity contribution in [3.8, 4) is 0 Å². The fourth-order valence-electron chi connectivity index (χ4n) is 3.13. The molecule has 0 bridgehead atoms. The first-order valence-corrected chi connectivity index (χ1v) is 7.79. The minimum Gasteiger partial charge on any atom is -1.00 e. The molecule has 0 heterocycles. The molecule has 3 aromatic rings. The smallest absolute Gasteiger partial charge is 1.00 e. The van der Waals surface area contributed by atoms with Gasteiger partial charge in [0.2, 0.25) is 0 Å². The van der Waals surface area contributed by atoms with Gasteiger partial charge in [-0.2, -0.15) is 33.9 Å². The van der Waals surface area contributed by atoms with Crippen LogP contribution < -0.4 is 48.0 Å². The average molecular weight is 623 g/mol. The van der Waals surface area contributed by atoms with Crippen LogP contribution in [0.5, 0.6) is 0 Å². The van der Waals surface area contributed by atoms with Gasteiger partial charge in [0.1, 0.15) is 0 Å². The molecular formula is C21H26I2Zr. The number of fused-ring (bicyclic) bond motifs is 1. The summed E-state index contributed by atoms with van der Waals surface area (Å²) in [7, 11) is 0. The van der Waals surface area contributed by atoms with Crippen molar-refractivity contribution in [2.75, 3.05) is 0 Å². The van der Waals surface area contributed by atoms with Crippen LogP contribution in [0.25, 0.3) is 10.8 Å². The Bertz CT molecular complexity index is 692. The zero-order valence-electron chi connectivity index (χ0n) is 15.4. The van der Waals surface area contributed by atoms with Gasteiger partial charge >= 0.3 is 26.2 Å². The molecule has 0 N–H and O–H groups in total. The van der Waals surface area contributed by atoms with Gasteiger partial charge in [-0.3, -0.25) is 0 Å². The van der Waals surface area contributed by atoms with Crippen molar-refractivity contribution in [3.63, 3.8) is 0 Å². The molecule has 0 spiro atoms. The fraction of sp³-hybridized carbons (Fsp3) is 0.333. The zero-order chi connectivity index (χ0) is 15.6. The van der Waals surface area contributed by atoms with Gasteiger partial charge < -0.3 is 48.0 Å². The summed E-state index contributed by atoms with van der Waals surface area (Å²) < 4.78 is 0. The summed E-state index contributed by atoms with van der Waals surface area (Å²) in [5.41, 5.74) is 8.88. The molecule has 0 saturated carbocycles. The second kappa shape index (κ2) is 12.0. The van der Waals surface area contributed by atoms with Gasteiger partial charge in [-0.15, -0.1) is 40.6 Å². The maximum Gasteiger partial charge on any atom is 4.00 e. The second-order valence-electron chi connectivity index (χ2n) is 5.99. The average Bonchev–Trinajstić information content (AvgIpc) is 2.93. The van der Waals surface area contributed by atoms with Crippen LogP contribution in [0.2, 0.25) is 0 Å². The molecule has 0 nitrogen and oxygen atoms in total. The van der Waals surface area contributed by atoms with Gasteiger partial charge in [-0.25, -0.2) is 0 Å². The molecular weight excluding hydrogens is 597 g/mol. The first-order chi connectivity index (χ1) is 9.95. The molecule has 3 aromatic carbocycles. The molecule has 0 unspecified atom stereocenters. The third kappa shape index (κ3) is 6.05. The monoisotopic (exact) mass is 622 g/mol. The van der Waals surface area contributed by atoms with E-state index in [1.54, 1.807) is 5.56 Å². The molecule has 0 aliphatic heterocycles. The summed E-state index contributed by atoms with van der Waals surface area (Å²) in [4.78, 5) is 0. The Morgan fingerprint density at radius 3 is 1.79 bits per heavy atom. The number of aryl methyl sites for hydroxylation is 1. The number of halogens is 2. The SMILES string of the molecule is CC[c-]1c(C)c(C)c(C)c1C.Cc1cc2ccccc2[cH-]1.[I-].[I-].[Zr+4]. The van der Waals surface area contributed by atoms with Gasteiger partial charge in [0.15, 0.2) is 0 Å². The summed E-state index contributed by atoms with van der Waals surface area (Å²) in [6.07, 6.45) is 1.17. The minimum absolute atomic E-state index is 0. The van der Waals surface area contributed by atoms with Gasteiger partial charge in [-0.05, 0) is 0 Å². The Labute approximate surface area is 200 Å². The Hall–Kier alpha value is 0.523. The predicted molar refractivity (Wildman–Crippen MR) is 94.6 cm³/mol. The van der Waals surface area contributed by atoms with Crippen molar-refractivity contribution in [3.05, 3.63) is 69.8 Å². The van der Waals surface area contributed by atoms with E-state index >= 15 is 0 Å². The van der Waals surface area contributed by atoms with Crippen molar-refractivity contribution in [2.24, 2.45) is 0 Å². The van der Waals surface area contributed by atoms with E-state index in [1.165, 1.54) is 45.0 Å². The normalized spacial score (nSPS) is 9.25. The predicted octanol–water partition coefficient (Wildman–Crippen LogP) is 0.0742. The molecule has 24 heavy (non-hydrogen) atoms. The minimum atomic E-state index is 0. The van der Waals surface area contributed by atoms with E-state index in [0.717, 1.165) is 0 Å². The van der Waals surface area contributed by atoms with Crippen molar-refractivity contribution in [2.45, 2.75) is 48.0 Å². The largest absolute Gasteiger partial charge is 4.00 e. The van der Waals surface area contributed by atoms with E-state index < -0.39 is 0 Å². The molecule has 3 rings (SSSR count). The first-order valence-electron chi connectivity index (χ1n) is 7.79. The summed E-state index contributed by atoms with van der Waals surface area (Å²) in [6.45, 7) is 13.3. The van der Waals surface area contributed by atoms with Crippen molar-refractivity contribution in [1.29, 1.82) is 0 Å². The quantitative estimate of drug-likeness (QED) is 0.266. The third-order valence-electron chi connectivity index (χ3n) is 4.71. The van der Waals surface area contributed by atoms with E-state index in [1.807, 2.05) is 0 Å². The summed E-state index contributed by atoms with van der Waals surface area (Å²) in [5, 5.41) is 2.69. The van der Waals surface area contributed by atoms with Crippen molar-refractivity contribution in [1.82, 2.24) is 0 Å². The Morgan fingerprint density at radius 2 is 1.38 bits per heavy atom. The van der Waals surface area contributed by atoms with E-state index in [2.05, 4.69) is 77.9 Å².